The van der Waals surface area contributed by atoms with Crippen molar-refractivity contribution in [2.45, 2.75) is 50.6 Å². The third-order valence-electron chi connectivity index (χ3n) is 11.5. The lowest BCUT2D eigenvalue weighted by Gasteiger charge is -2.39. The molecule has 1 aliphatic carbocycles. The molecule has 7 rings (SSSR count). The molecule has 14 nitrogen and oxygen atoms in total. The molecule has 0 unspecified atom stereocenters. The number of carbonyl (C=O) groups excluding carboxylic acids is 1. The summed E-state index contributed by atoms with van der Waals surface area (Å²) < 4.78 is 75.6. The number of carbonyl (C=O) groups is 1. The van der Waals surface area contributed by atoms with Gasteiger partial charge in [0, 0.05) is 68.7 Å². The zero-order chi connectivity index (χ0) is 45.1. The van der Waals surface area contributed by atoms with E-state index in [1.54, 1.807) is 36.5 Å². The summed E-state index contributed by atoms with van der Waals surface area (Å²) in [5.41, 5.74) is 3.47. The van der Waals surface area contributed by atoms with Gasteiger partial charge in [-0.05, 0) is 111 Å². The average Bonchev–Trinajstić information content (AvgIpc) is 3.71. The van der Waals surface area contributed by atoms with Crippen LogP contribution in [0.15, 0.2) is 95.7 Å². The predicted octanol–water partition coefficient (Wildman–Crippen LogP) is 8.55. The van der Waals surface area contributed by atoms with E-state index in [1.807, 2.05) is 25.1 Å². The number of nitrogens with one attached hydrogen (secondary N) is 3. The summed E-state index contributed by atoms with van der Waals surface area (Å²) in [5, 5.41) is 15.7. The second-order valence-electron chi connectivity index (χ2n) is 17.1. The molecule has 0 atom stereocenters. The summed E-state index contributed by atoms with van der Waals surface area (Å²) >= 11 is 0. The van der Waals surface area contributed by atoms with Gasteiger partial charge in [-0.1, -0.05) is 31.6 Å². The van der Waals surface area contributed by atoms with Gasteiger partial charge in [0.05, 0.1) is 27.1 Å². The quantitative estimate of drug-likeness (QED) is 0.0524. The number of amides is 1. The van der Waals surface area contributed by atoms with E-state index in [9.17, 15) is 36.5 Å². The summed E-state index contributed by atoms with van der Waals surface area (Å²) in [4.78, 5) is 38.6. The predicted molar refractivity (Wildman–Crippen MR) is 237 cm³/mol. The number of nitrogens with zero attached hydrogens (tertiary/aromatic N) is 5. The minimum atomic E-state index is -4.59. The van der Waals surface area contributed by atoms with Crippen molar-refractivity contribution < 1.29 is 36.0 Å². The number of H-pyrrole nitrogens is 1. The largest absolute Gasteiger partial charge is 0.455 e. The van der Waals surface area contributed by atoms with Gasteiger partial charge < -0.3 is 24.8 Å². The number of rotatable bonds is 15. The second kappa shape index (κ2) is 18.4. The summed E-state index contributed by atoms with van der Waals surface area (Å²) in [6.45, 7) is 8.85. The number of alkyl halides is 3. The van der Waals surface area contributed by atoms with Crippen LogP contribution in [0, 0.1) is 15.5 Å². The van der Waals surface area contributed by atoms with Crippen LogP contribution >= 0.6 is 0 Å². The topological polar surface area (TPSA) is 166 Å². The molecule has 3 N–H and O–H groups in total. The average molecular weight is 889 g/mol. The van der Waals surface area contributed by atoms with E-state index in [2.05, 4.69) is 43.7 Å². The van der Waals surface area contributed by atoms with Crippen LogP contribution in [0.1, 0.15) is 61.0 Å². The van der Waals surface area contributed by atoms with Crippen molar-refractivity contribution in [2.75, 3.05) is 70.1 Å². The van der Waals surface area contributed by atoms with Gasteiger partial charge >= 0.3 is 6.18 Å². The number of hydrogen-bond acceptors (Lipinski definition) is 11. The van der Waals surface area contributed by atoms with Crippen LogP contribution in [0.4, 0.5) is 30.2 Å². The standard InChI is InChI=1S/C45H51F3N8O6S/c1-44(2)16-14-32(38(27-44)30-6-8-33(9-7-30)45(46,47)48)29-54-20-22-55(23-21-54)34-10-12-37(41(25-34)62-35-24-31-15-18-50-42(31)51-28-35)43(57)52-63(60,61)36-11-13-39(40(26-36)56(58)59)49-17-5-19-53(3)4/h6-13,15,18,24-26,28,49H,5,14,16-17,19-23,27,29H2,1-4H3,(H,50,51)(H,52,57). The number of ether oxygens (including phenoxy) is 1. The molecule has 0 saturated carbocycles. The van der Waals surface area contributed by atoms with Crippen molar-refractivity contribution in [2.24, 2.45) is 5.41 Å². The van der Waals surface area contributed by atoms with Gasteiger partial charge in [-0.2, -0.15) is 13.2 Å². The first kappa shape index (κ1) is 45.1. The molecule has 0 bridgehead atoms. The first-order valence-corrected chi connectivity index (χ1v) is 22.2. The molecule has 1 aliphatic heterocycles. The zero-order valence-electron chi connectivity index (χ0n) is 35.6. The zero-order valence-corrected chi connectivity index (χ0v) is 36.4. The number of aromatic nitrogens is 2. The minimum Gasteiger partial charge on any atom is -0.455 e. The number of anilines is 2. The number of aromatic amines is 1. The maximum atomic E-state index is 13.9. The maximum absolute atomic E-state index is 13.9. The lowest BCUT2D eigenvalue weighted by atomic mass is 9.72. The lowest BCUT2D eigenvalue weighted by molar-refractivity contribution is -0.384. The molecule has 63 heavy (non-hydrogen) atoms. The van der Waals surface area contributed by atoms with E-state index < -0.39 is 43.2 Å². The van der Waals surface area contributed by atoms with Crippen LogP contribution in [0.5, 0.6) is 11.5 Å². The number of hydrogen-bond donors (Lipinski definition) is 3. The molecule has 1 saturated heterocycles. The summed E-state index contributed by atoms with van der Waals surface area (Å²) in [6, 6.07) is 17.3. The molecule has 1 fully saturated rings. The number of nitro groups is 1. The number of allylic oxidation sites excluding steroid dienone is 1. The van der Waals surface area contributed by atoms with Crippen LogP contribution in [0.2, 0.25) is 0 Å². The van der Waals surface area contributed by atoms with Gasteiger partial charge in [0.15, 0.2) is 0 Å². The molecule has 1 amide bonds. The maximum Gasteiger partial charge on any atom is 0.416 e. The van der Waals surface area contributed by atoms with Crippen molar-refractivity contribution in [3.8, 4) is 11.5 Å². The van der Waals surface area contributed by atoms with Crippen molar-refractivity contribution in [3.05, 3.63) is 118 Å². The number of sulfonamides is 1. The SMILES string of the molecule is CN(C)CCCNc1ccc(S(=O)(=O)NC(=O)c2ccc(N3CCN(CC4=C(c5ccc(C(F)(F)F)cc5)CC(C)(C)CC4)CC3)cc2Oc2cnc3[nH]ccc3c2)cc1[N+](=O)[O-]. The highest BCUT2D eigenvalue weighted by molar-refractivity contribution is 7.90. The summed E-state index contributed by atoms with van der Waals surface area (Å²) in [5.74, 6) is -0.629. The summed E-state index contributed by atoms with van der Waals surface area (Å²) in [6.07, 6.45) is 2.10. The molecule has 18 heteroatoms. The fourth-order valence-corrected chi connectivity index (χ4v) is 9.01. The molecule has 2 aromatic heterocycles. The number of piperazine rings is 1. The minimum absolute atomic E-state index is 0.0200. The highest BCUT2D eigenvalue weighted by atomic mass is 32.2. The highest BCUT2D eigenvalue weighted by Gasteiger charge is 2.33. The monoisotopic (exact) mass is 888 g/mol. The van der Waals surface area contributed by atoms with E-state index in [0.29, 0.717) is 57.1 Å². The molecule has 334 valence electrons. The van der Waals surface area contributed by atoms with E-state index >= 15 is 0 Å². The van der Waals surface area contributed by atoms with E-state index in [0.717, 1.165) is 66.2 Å². The third-order valence-corrected chi connectivity index (χ3v) is 12.8. The number of pyridine rings is 1. The Hall–Kier alpha value is -5.98. The second-order valence-corrected chi connectivity index (χ2v) is 18.8. The third kappa shape index (κ3) is 11.0. The Morgan fingerprint density at radius 3 is 2.46 bits per heavy atom. The van der Waals surface area contributed by atoms with E-state index in [4.69, 9.17) is 4.74 Å². The van der Waals surface area contributed by atoms with Crippen molar-refractivity contribution in [3.63, 3.8) is 0 Å². The van der Waals surface area contributed by atoms with Gasteiger partial charge in [0.25, 0.3) is 21.6 Å². The number of benzene rings is 3. The number of fused-ring (bicyclic) bond motifs is 1. The van der Waals surface area contributed by atoms with Gasteiger partial charge in [-0.3, -0.25) is 19.8 Å². The Bertz CT molecular complexity index is 2620. The van der Waals surface area contributed by atoms with Crippen LogP contribution in [-0.4, -0.2) is 98.9 Å². The molecule has 3 aromatic carbocycles. The smallest absolute Gasteiger partial charge is 0.416 e. The first-order valence-electron chi connectivity index (χ1n) is 20.7. The van der Waals surface area contributed by atoms with Crippen molar-refractivity contribution in [1.82, 2.24) is 24.5 Å². The Labute approximate surface area is 364 Å². The highest BCUT2D eigenvalue weighted by Crippen LogP contribution is 2.44. The molecule has 2 aliphatic rings. The fourth-order valence-electron chi connectivity index (χ4n) is 8.02. The van der Waals surface area contributed by atoms with Gasteiger partial charge in [0.1, 0.15) is 22.8 Å². The van der Waals surface area contributed by atoms with Gasteiger partial charge in [0.2, 0.25) is 0 Å². The molecule has 3 heterocycles. The number of halogens is 3. The molecular weight excluding hydrogens is 838 g/mol. The lowest BCUT2D eigenvalue weighted by Crippen LogP contribution is -2.47. The van der Waals surface area contributed by atoms with Crippen LogP contribution < -0.4 is 19.7 Å². The Balaban J connectivity index is 1.09. The van der Waals surface area contributed by atoms with Gasteiger partial charge in [-0.25, -0.2) is 18.1 Å². The molecule has 5 aromatic rings. The van der Waals surface area contributed by atoms with Crippen molar-refractivity contribution >= 4 is 49.6 Å². The molecule has 0 radical (unpaired) electrons. The normalized spacial score (nSPS) is 16.1. The first-order chi connectivity index (χ1) is 29.8. The van der Waals surface area contributed by atoms with E-state index in [-0.39, 0.29) is 22.4 Å². The Kier molecular flexibility index (Phi) is 13.2. The summed E-state index contributed by atoms with van der Waals surface area (Å²) in [7, 11) is -0.766. The van der Waals surface area contributed by atoms with Crippen LogP contribution in [-0.2, 0) is 16.2 Å². The van der Waals surface area contributed by atoms with E-state index in [1.165, 1.54) is 30.0 Å². The fraction of sp³-hybridized carbons (Fsp3) is 0.378. The molecular formula is C45H51F3N8O6S. The van der Waals surface area contributed by atoms with Crippen LogP contribution in [0.3, 0.4) is 0 Å². The van der Waals surface area contributed by atoms with Crippen LogP contribution in [0.25, 0.3) is 16.6 Å². The number of nitro benzene ring substituents is 1. The Morgan fingerprint density at radius 1 is 1.02 bits per heavy atom. The van der Waals surface area contributed by atoms with Crippen molar-refractivity contribution in [1.29, 1.82) is 0 Å². The van der Waals surface area contributed by atoms with Gasteiger partial charge in [-0.15, -0.1) is 0 Å². The Morgan fingerprint density at radius 2 is 1.76 bits per heavy atom. The molecule has 0 spiro atoms.